The van der Waals surface area contributed by atoms with Gasteiger partial charge in [0.2, 0.25) is 0 Å². The molecular formula is C26H16F2N2O3. The molecule has 1 aromatic heterocycles. The maximum Gasteiger partial charge on any atom is 0.300 e. The van der Waals surface area contributed by atoms with Gasteiger partial charge >= 0.3 is 0 Å². The lowest BCUT2D eigenvalue weighted by molar-refractivity contribution is -0.132. The summed E-state index contributed by atoms with van der Waals surface area (Å²) in [6.45, 7) is 0. The van der Waals surface area contributed by atoms with Gasteiger partial charge in [-0.2, -0.15) is 0 Å². The van der Waals surface area contributed by atoms with Crippen molar-refractivity contribution in [1.29, 1.82) is 0 Å². The first kappa shape index (κ1) is 20.5. The average Bonchev–Trinajstić information content (AvgIpc) is 3.10. The highest BCUT2D eigenvalue weighted by Gasteiger charge is 2.48. The van der Waals surface area contributed by atoms with Crippen LogP contribution in [0.2, 0.25) is 0 Å². The Kier molecular flexibility index (Phi) is 4.94. The molecule has 0 bridgehead atoms. The number of Topliss-reactive ketones (excluding diaryl/α,β-unsaturated/α-hetero) is 1. The van der Waals surface area contributed by atoms with Crippen molar-refractivity contribution < 1.29 is 23.5 Å². The second-order valence-electron chi connectivity index (χ2n) is 7.61. The first-order valence-corrected chi connectivity index (χ1v) is 10.1. The standard InChI is InChI=1S/C26H16F2N2O3/c27-19-9-10-20(28)21(13-19)30-23(18-6-3-11-29-14-18)22(25(32)26(30)33)24(31)17-8-7-15-4-1-2-5-16(15)12-17/h1-14,23,31H/b24-22-. The molecule has 0 aliphatic carbocycles. The number of halogens is 2. The third-order valence-corrected chi connectivity index (χ3v) is 5.64. The van der Waals surface area contributed by atoms with Crippen LogP contribution in [-0.4, -0.2) is 21.8 Å². The molecule has 162 valence electrons. The van der Waals surface area contributed by atoms with Crippen LogP contribution in [0.15, 0.2) is 90.8 Å². The van der Waals surface area contributed by atoms with Gasteiger partial charge in [-0.05, 0) is 40.6 Å². The summed E-state index contributed by atoms with van der Waals surface area (Å²) in [4.78, 5) is 31.0. The van der Waals surface area contributed by atoms with Gasteiger partial charge in [-0.25, -0.2) is 8.78 Å². The first-order chi connectivity index (χ1) is 16.0. The van der Waals surface area contributed by atoms with Crippen molar-refractivity contribution in [3.05, 3.63) is 114 Å². The van der Waals surface area contributed by atoms with Gasteiger partial charge in [0.25, 0.3) is 11.7 Å². The SMILES string of the molecule is O=C1C(=O)N(c2cc(F)ccc2F)C(c2cccnc2)/C1=C(/O)c1ccc2ccccc2c1. The number of carbonyl (C=O) groups excluding carboxylic acids is 2. The predicted octanol–water partition coefficient (Wildman–Crippen LogP) is 5.14. The Labute approximate surface area is 187 Å². The highest BCUT2D eigenvalue weighted by molar-refractivity contribution is 6.51. The van der Waals surface area contributed by atoms with Crippen molar-refractivity contribution in [1.82, 2.24) is 4.98 Å². The summed E-state index contributed by atoms with van der Waals surface area (Å²) in [6, 6.07) is 17.2. The van der Waals surface area contributed by atoms with Crippen LogP contribution in [-0.2, 0) is 9.59 Å². The number of aliphatic hydroxyl groups is 1. The third-order valence-electron chi connectivity index (χ3n) is 5.64. The summed E-state index contributed by atoms with van der Waals surface area (Å²) in [5.74, 6) is -4.13. The van der Waals surface area contributed by atoms with Gasteiger partial charge < -0.3 is 5.11 Å². The lowest BCUT2D eigenvalue weighted by Gasteiger charge is -2.25. The molecule has 0 spiro atoms. The van der Waals surface area contributed by atoms with Crippen LogP contribution in [0.3, 0.4) is 0 Å². The van der Waals surface area contributed by atoms with E-state index in [4.69, 9.17) is 0 Å². The molecule has 5 nitrogen and oxygen atoms in total. The Hall–Kier alpha value is -4.39. The minimum Gasteiger partial charge on any atom is -0.507 e. The fourth-order valence-corrected chi connectivity index (χ4v) is 4.10. The molecule has 1 N–H and O–H groups in total. The van der Waals surface area contributed by atoms with Gasteiger partial charge in [-0.15, -0.1) is 0 Å². The number of rotatable bonds is 3. The minimum absolute atomic E-state index is 0.230. The predicted molar refractivity (Wildman–Crippen MR) is 119 cm³/mol. The van der Waals surface area contributed by atoms with Crippen molar-refractivity contribution in [3.8, 4) is 0 Å². The molecule has 1 amide bonds. The van der Waals surface area contributed by atoms with E-state index in [1.54, 1.807) is 30.3 Å². The third kappa shape index (κ3) is 3.43. The Bertz CT molecular complexity index is 1450. The van der Waals surface area contributed by atoms with Crippen molar-refractivity contribution in [2.24, 2.45) is 0 Å². The summed E-state index contributed by atoms with van der Waals surface area (Å²) in [5.41, 5.74) is 0.0541. The number of ketones is 1. The normalized spacial score (nSPS) is 17.6. The molecular weight excluding hydrogens is 426 g/mol. The number of aromatic nitrogens is 1. The number of pyridine rings is 1. The van der Waals surface area contributed by atoms with Crippen molar-refractivity contribution in [2.45, 2.75) is 6.04 Å². The van der Waals surface area contributed by atoms with Crippen LogP contribution in [0.5, 0.6) is 0 Å². The molecule has 7 heteroatoms. The zero-order valence-electron chi connectivity index (χ0n) is 17.1. The van der Waals surface area contributed by atoms with E-state index >= 15 is 0 Å². The second kappa shape index (κ2) is 7.94. The minimum atomic E-state index is -1.19. The van der Waals surface area contributed by atoms with Gasteiger partial charge in [0.05, 0.1) is 17.3 Å². The van der Waals surface area contributed by atoms with E-state index in [0.29, 0.717) is 11.1 Å². The number of amides is 1. The Morgan fingerprint density at radius 2 is 1.70 bits per heavy atom. The Balaban J connectivity index is 1.75. The zero-order chi connectivity index (χ0) is 23.1. The molecule has 1 unspecified atom stereocenters. The van der Waals surface area contributed by atoms with Crippen LogP contribution < -0.4 is 4.90 Å². The van der Waals surface area contributed by atoms with Crippen molar-refractivity contribution in [3.63, 3.8) is 0 Å². The van der Waals surface area contributed by atoms with Gasteiger partial charge in [-0.3, -0.25) is 19.5 Å². The van der Waals surface area contributed by atoms with Gasteiger partial charge in [0.1, 0.15) is 17.4 Å². The summed E-state index contributed by atoms with van der Waals surface area (Å²) in [7, 11) is 0. The summed E-state index contributed by atoms with van der Waals surface area (Å²) in [5, 5.41) is 12.9. The van der Waals surface area contributed by atoms with Gasteiger partial charge in [0.15, 0.2) is 0 Å². The van der Waals surface area contributed by atoms with Crippen LogP contribution in [0.25, 0.3) is 16.5 Å². The van der Waals surface area contributed by atoms with E-state index < -0.39 is 40.8 Å². The Morgan fingerprint density at radius 3 is 2.45 bits per heavy atom. The largest absolute Gasteiger partial charge is 0.507 e. The van der Waals surface area contributed by atoms with E-state index in [1.807, 2.05) is 24.3 Å². The zero-order valence-corrected chi connectivity index (χ0v) is 17.1. The summed E-state index contributed by atoms with van der Waals surface area (Å²) in [6.07, 6.45) is 2.91. The fraction of sp³-hybridized carbons (Fsp3) is 0.0385. The van der Waals surface area contributed by atoms with Crippen LogP contribution in [0.4, 0.5) is 14.5 Å². The molecule has 2 heterocycles. The van der Waals surface area contributed by atoms with Crippen LogP contribution in [0.1, 0.15) is 17.2 Å². The monoisotopic (exact) mass is 442 g/mol. The molecule has 4 aromatic rings. The number of hydrogen-bond donors (Lipinski definition) is 1. The molecule has 1 fully saturated rings. The van der Waals surface area contributed by atoms with Crippen molar-refractivity contribution >= 4 is 33.9 Å². The van der Waals surface area contributed by atoms with E-state index in [1.165, 1.54) is 12.4 Å². The fourth-order valence-electron chi connectivity index (χ4n) is 4.10. The van der Waals surface area contributed by atoms with Gasteiger partial charge in [-0.1, -0.05) is 42.5 Å². The Morgan fingerprint density at radius 1 is 0.909 bits per heavy atom. The van der Waals surface area contributed by atoms with E-state index in [2.05, 4.69) is 4.98 Å². The van der Waals surface area contributed by atoms with Crippen LogP contribution >= 0.6 is 0 Å². The average molecular weight is 442 g/mol. The topological polar surface area (TPSA) is 70.5 Å². The molecule has 1 atom stereocenters. The lowest BCUT2D eigenvalue weighted by Crippen LogP contribution is -2.30. The lowest BCUT2D eigenvalue weighted by atomic mass is 9.95. The van der Waals surface area contributed by atoms with Crippen molar-refractivity contribution in [2.75, 3.05) is 4.90 Å². The van der Waals surface area contributed by atoms with Gasteiger partial charge in [0, 0.05) is 24.0 Å². The number of carbonyl (C=O) groups is 2. The second-order valence-corrected chi connectivity index (χ2v) is 7.61. The number of hydrogen-bond acceptors (Lipinski definition) is 4. The summed E-state index contributed by atoms with van der Waals surface area (Å²) < 4.78 is 28.6. The smallest absolute Gasteiger partial charge is 0.300 e. The molecule has 0 radical (unpaired) electrons. The highest BCUT2D eigenvalue weighted by atomic mass is 19.1. The van der Waals surface area contributed by atoms with E-state index in [0.717, 1.165) is 33.9 Å². The molecule has 33 heavy (non-hydrogen) atoms. The number of aliphatic hydroxyl groups excluding tert-OH is 1. The maximum atomic E-state index is 14.7. The molecule has 1 aliphatic rings. The highest BCUT2D eigenvalue weighted by Crippen LogP contribution is 2.43. The first-order valence-electron chi connectivity index (χ1n) is 10.1. The molecule has 1 aliphatic heterocycles. The molecule has 0 saturated carbocycles. The summed E-state index contributed by atoms with van der Waals surface area (Å²) >= 11 is 0. The number of nitrogens with zero attached hydrogens (tertiary/aromatic N) is 2. The number of anilines is 1. The quantitative estimate of drug-likeness (QED) is 0.271. The van der Waals surface area contributed by atoms with Crippen LogP contribution in [0, 0.1) is 11.6 Å². The maximum absolute atomic E-state index is 14.7. The van der Waals surface area contributed by atoms with E-state index in [-0.39, 0.29) is 5.57 Å². The molecule has 1 saturated heterocycles. The molecule has 3 aromatic carbocycles. The number of fused-ring (bicyclic) bond motifs is 1. The van der Waals surface area contributed by atoms with E-state index in [9.17, 15) is 23.5 Å². The number of benzene rings is 3. The molecule has 5 rings (SSSR count).